The van der Waals surface area contributed by atoms with E-state index in [1.54, 1.807) is 5.01 Å². The molecule has 0 aliphatic carbocycles. The van der Waals surface area contributed by atoms with Crippen molar-refractivity contribution >= 4 is 6.21 Å². The summed E-state index contributed by atoms with van der Waals surface area (Å²) >= 11 is 0. The lowest BCUT2D eigenvalue weighted by atomic mass is 10.2. The molecule has 0 bridgehead atoms. The van der Waals surface area contributed by atoms with E-state index in [1.165, 1.54) is 0 Å². The smallest absolute Gasteiger partial charge is 0.0747 e. The number of aliphatic hydroxyl groups is 1. The molecule has 0 saturated heterocycles. The lowest BCUT2D eigenvalue weighted by molar-refractivity contribution is 0.169. The molecule has 3 nitrogen and oxygen atoms in total. The molecule has 0 radical (unpaired) electrons. The van der Waals surface area contributed by atoms with Gasteiger partial charge in [0.05, 0.1) is 12.6 Å². The predicted octanol–water partition coefficient (Wildman–Crippen LogP) is -0.331. The molecule has 1 N–H and O–H groups in total. The van der Waals surface area contributed by atoms with E-state index < -0.39 is 0 Å². The quantitative estimate of drug-likeness (QED) is 0.506. The van der Waals surface area contributed by atoms with Crippen LogP contribution in [0, 0.1) is 0 Å². The van der Waals surface area contributed by atoms with E-state index in [0.29, 0.717) is 0 Å². The fourth-order valence-electron chi connectivity index (χ4n) is 0.737. The molecule has 0 fully saturated rings. The van der Waals surface area contributed by atoms with Gasteiger partial charge in [-0.1, -0.05) is 0 Å². The van der Waals surface area contributed by atoms with Crippen molar-refractivity contribution in [1.82, 2.24) is 5.01 Å². The minimum Gasteiger partial charge on any atom is -0.394 e. The molecule has 1 unspecified atom stereocenters. The second-order valence-electron chi connectivity index (χ2n) is 1.94. The van der Waals surface area contributed by atoms with Crippen LogP contribution < -0.4 is 0 Å². The molecule has 0 aromatic heterocycles. The highest BCUT2D eigenvalue weighted by molar-refractivity contribution is 5.59. The van der Waals surface area contributed by atoms with Crippen LogP contribution in [-0.2, 0) is 0 Å². The van der Waals surface area contributed by atoms with Crippen molar-refractivity contribution in [1.29, 1.82) is 0 Å². The minimum absolute atomic E-state index is 0.205. The van der Waals surface area contributed by atoms with E-state index in [2.05, 4.69) is 5.10 Å². The Morgan fingerprint density at radius 2 is 2.75 bits per heavy atom. The van der Waals surface area contributed by atoms with Crippen LogP contribution in [0.4, 0.5) is 0 Å². The number of hydrazone groups is 1. The van der Waals surface area contributed by atoms with Gasteiger partial charge in [-0.05, 0) is 0 Å². The standard InChI is InChI=1S/C5H10N2O/c1-7-5(4-8)2-3-6-7/h3,5,8H,2,4H2,1H3. The fourth-order valence-corrected chi connectivity index (χ4v) is 0.737. The van der Waals surface area contributed by atoms with Gasteiger partial charge in [-0.3, -0.25) is 5.01 Å². The van der Waals surface area contributed by atoms with Crippen LogP contribution in [0.25, 0.3) is 0 Å². The number of hydrogen-bond acceptors (Lipinski definition) is 3. The summed E-state index contributed by atoms with van der Waals surface area (Å²) in [6.07, 6.45) is 2.70. The van der Waals surface area contributed by atoms with Gasteiger partial charge in [-0.2, -0.15) is 5.10 Å². The summed E-state index contributed by atoms with van der Waals surface area (Å²) in [7, 11) is 1.87. The van der Waals surface area contributed by atoms with Crippen molar-refractivity contribution in [3.8, 4) is 0 Å². The number of nitrogens with zero attached hydrogens (tertiary/aromatic N) is 2. The van der Waals surface area contributed by atoms with Gasteiger partial charge in [0.2, 0.25) is 0 Å². The number of hydrogen-bond donors (Lipinski definition) is 1. The van der Waals surface area contributed by atoms with E-state index in [0.717, 1.165) is 6.42 Å². The van der Waals surface area contributed by atoms with Crippen LogP contribution in [-0.4, -0.2) is 36.0 Å². The number of rotatable bonds is 1. The minimum atomic E-state index is 0.205. The van der Waals surface area contributed by atoms with Crippen molar-refractivity contribution in [3.05, 3.63) is 0 Å². The first-order chi connectivity index (χ1) is 3.84. The monoisotopic (exact) mass is 114 g/mol. The molecule has 0 saturated carbocycles. The molecule has 0 spiro atoms. The molecule has 8 heavy (non-hydrogen) atoms. The fraction of sp³-hybridized carbons (Fsp3) is 0.800. The Balaban J connectivity index is 2.38. The largest absolute Gasteiger partial charge is 0.394 e. The lowest BCUT2D eigenvalue weighted by Crippen LogP contribution is -2.25. The van der Waals surface area contributed by atoms with Gasteiger partial charge in [-0.15, -0.1) is 0 Å². The van der Waals surface area contributed by atoms with Crippen LogP contribution in [0.2, 0.25) is 0 Å². The normalized spacial score (nSPS) is 27.2. The molecule has 0 amide bonds. The van der Waals surface area contributed by atoms with Gasteiger partial charge in [0.25, 0.3) is 0 Å². The van der Waals surface area contributed by atoms with Crippen LogP contribution in [0.5, 0.6) is 0 Å². The first kappa shape index (κ1) is 5.56. The second-order valence-corrected chi connectivity index (χ2v) is 1.94. The predicted molar refractivity (Wildman–Crippen MR) is 31.7 cm³/mol. The molecule has 1 heterocycles. The molecule has 3 heteroatoms. The van der Waals surface area contributed by atoms with E-state index in [9.17, 15) is 0 Å². The Hall–Kier alpha value is -0.570. The highest BCUT2D eigenvalue weighted by atomic mass is 16.3. The number of likely N-dealkylation sites (N-methyl/N-ethyl adjacent to an activating group) is 1. The van der Waals surface area contributed by atoms with Crippen molar-refractivity contribution in [3.63, 3.8) is 0 Å². The van der Waals surface area contributed by atoms with Crippen LogP contribution in [0.15, 0.2) is 5.10 Å². The zero-order chi connectivity index (χ0) is 5.98. The van der Waals surface area contributed by atoms with Crippen molar-refractivity contribution in [2.45, 2.75) is 12.5 Å². The SMILES string of the molecule is CN1N=CCC1CO. The summed E-state index contributed by atoms with van der Waals surface area (Å²) in [6.45, 7) is 0.205. The first-order valence-corrected chi connectivity index (χ1v) is 2.70. The molecule has 46 valence electrons. The highest BCUT2D eigenvalue weighted by Gasteiger charge is 2.14. The Labute approximate surface area is 48.6 Å². The van der Waals surface area contributed by atoms with Crippen LogP contribution >= 0.6 is 0 Å². The van der Waals surface area contributed by atoms with Crippen LogP contribution in [0.1, 0.15) is 6.42 Å². The summed E-state index contributed by atoms with van der Waals surface area (Å²) in [6, 6.07) is 0.231. The van der Waals surface area contributed by atoms with Gasteiger partial charge in [-0.25, -0.2) is 0 Å². The summed E-state index contributed by atoms with van der Waals surface area (Å²) in [5, 5.41) is 14.3. The van der Waals surface area contributed by atoms with Gasteiger partial charge >= 0.3 is 0 Å². The third-order valence-corrected chi connectivity index (χ3v) is 1.38. The molecular formula is C5H10N2O. The van der Waals surface area contributed by atoms with E-state index in [1.807, 2.05) is 13.3 Å². The maximum Gasteiger partial charge on any atom is 0.0747 e. The summed E-state index contributed by atoms with van der Waals surface area (Å²) in [4.78, 5) is 0. The van der Waals surface area contributed by atoms with Gasteiger partial charge < -0.3 is 5.11 Å². The number of aliphatic hydroxyl groups excluding tert-OH is 1. The van der Waals surface area contributed by atoms with Gasteiger partial charge in [0.15, 0.2) is 0 Å². The van der Waals surface area contributed by atoms with Crippen molar-refractivity contribution in [2.24, 2.45) is 5.10 Å². The molecule has 1 rings (SSSR count). The lowest BCUT2D eigenvalue weighted by Gasteiger charge is -2.14. The molecule has 1 aliphatic heterocycles. The summed E-state index contributed by atoms with van der Waals surface area (Å²) in [5.74, 6) is 0. The third kappa shape index (κ3) is 0.816. The molecule has 0 aromatic rings. The van der Waals surface area contributed by atoms with Gasteiger partial charge in [0, 0.05) is 19.7 Å². The molecular weight excluding hydrogens is 104 g/mol. The average molecular weight is 114 g/mol. The van der Waals surface area contributed by atoms with E-state index in [-0.39, 0.29) is 12.6 Å². The Bertz CT molecular complexity index is 103. The molecule has 1 aliphatic rings. The van der Waals surface area contributed by atoms with E-state index >= 15 is 0 Å². The van der Waals surface area contributed by atoms with Crippen LogP contribution in [0.3, 0.4) is 0 Å². The van der Waals surface area contributed by atoms with Crippen molar-refractivity contribution < 1.29 is 5.11 Å². The Morgan fingerprint density at radius 3 is 3.00 bits per heavy atom. The van der Waals surface area contributed by atoms with E-state index in [4.69, 9.17) is 5.11 Å². The maximum atomic E-state index is 8.61. The van der Waals surface area contributed by atoms with Gasteiger partial charge in [0.1, 0.15) is 0 Å². The first-order valence-electron chi connectivity index (χ1n) is 2.70. The topological polar surface area (TPSA) is 35.8 Å². The summed E-state index contributed by atoms with van der Waals surface area (Å²) < 4.78 is 0. The second kappa shape index (κ2) is 2.13. The average Bonchev–Trinajstić information content (AvgIpc) is 2.14. The third-order valence-electron chi connectivity index (χ3n) is 1.38. The Morgan fingerprint density at radius 1 is 2.00 bits per heavy atom. The van der Waals surface area contributed by atoms with Crippen molar-refractivity contribution in [2.75, 3.05) is 13.7 Å². The molecule has 1 atom stereocenters. The zero-order valence-corrected chi connectivity index (χ0v) is 4.91. The zero-order valence-electron chi connectivity index (χ0n) is 4.91. The molecule has 0 aromatic carbocycles. The summed E-state index contributed by atoms with van der Waals surface area (Å²) in [5.41, 5.74) is 0. The Kier molecular flexibility index (Phi) is 1.48. The maximum absolute atomic E-state index is 8.61. The highest BCUT2D eigenvalue weighted by Crippen LogP contribution is 2.05.